The molecule has 0 aliphatic heterocycles. The largest absolute Gasteiger partial charge is 0.238 e. The molecule has 2 aromatic rings. The summed E-state index contributed by atoms with van der Waals surface area (Å²) in [6.07, 6.45) is 0.0508. The van der Waals surface area contributed by atoms with Crippen LogP contribution in [0.2, 0.25) is 30.3 Å². The minimum atomic E-state index is -0.0770. The van der Waals surface area contributed by atoms with Crippen LogP contribution in [0, 0.1) is 17.9 Å². The predicted molar refractivity (Wildman–Crippen MR) is 94.5 cm³/mol. The summed E-state index contributed by atoms with van der Waals surface area (Å²) in [5, 5.41) is 9.80. The van der Waals surface area contributed by atoms with Gasteiger partial charge in [0.05, 0.1) is 49.0 Å². The van der Waals surface area contributed by atoms with Gasteiger partial charge >= 0.3 is 0 Å². The van der Waals surface area contributed by atoms with Gasteiger partial charge in [-0.3, -0.25) is 0 Å². The maximum absolute atomic E-state index is 9.34. The van der Waals surface area contributed by atoms with Gasteiger partial charge in [0.2, 0.25) is 5.69 Å². The van der Waals surface area contributed by atoms with E-state index in [-0.39, 0.29) is 47.9 Å². The van der Waals surface area contributed by atoms with Crippen LogP contribution in [-0.2, 0) is 6.42 Å². The van der Waals surface area contributed by atoms with Crippen molar-refractivity contribution in [2.45, 2.75) is 6.42 Å². The van der Waals surface area contributed by atoms with Gasteiger partial charge in [0, 0.05) is 6.42 Å². The maximum atomic E-state index is 9.34. The van der Waals surface area contributed by atoms with Crippen LogP contribution in [0.5, 0.6) is 0 Å². The summed E-state index contributed by atoms with van der Waals surface area (Å²) in [7, 11) is 0. The highest BCUT2D eigenvalue weighted by Crippen LogP contribution is 2.44. The molecule has 0 bridgehead atoms. The molecule has 1 aromatic heterocycles. The number of pyridine rings is 1. The number of halogens is 6. The number of rotatable bonds is 2. The topological polar surface area (TPSA) is 41.0 Å². The van der Waals surface area contributed by atoms with Crippen LogP contribution in [0.1, 0.15) is 16.8 Å². The van der Waals surface area contributed by atoms with E-state index in [4.69, 9.17) is 76.2 Å². The van der Waals surface area contributed by atoms with E-state index in [0.717, 1.165) is 0 Å². The molecule has 2 rings (SSSR count). The van der Waals surface area contributed by atoms with Crippen LogP contribution in [0.15, 0.2) is 6.07 Å². The van der Waals surface area contributed by atoms with Crippen LogP contribution in [0.25, 0.3) is 4.85 Å². The molecule has 0 N–H and O–H groups in total. The molecule has 1 aromatic carbocycles. The minimum absolute atomic E-state index is 0.0307. The minimum Gasteiger partial charge on any atom is -0.238 e. The lowest BCUT2D eigenvalue weighted by Gasteiger charge is -2.13. The Morgan fingerprint density at radius 3 is 2.26 bits per heavy atom. The second-order valence-corrected chi connectivity index (χ2v) is 6.54. The van der Waals surface area contributed by atoms with E-state index < -0.39 is 0 Å². The van der Waals surface area contributed by atoms with Crippen molar-refractivity contribution in [2.75, 3.05) is 0 Å². The highest BCUT2D eigenvalue weighted by Gasteiger charge is 2.23. The average molecular weight is 426 g/mol. The molecule has 0 saturated heterocycles. The summed E-state index contributed by atoms with van der Waals surface area (Å²) in [5.41, 5.74) is 0.620. The van der Waals surface area contributed by atoms with Gasteiger partial charge in [0.15, 0.2) is 0 Å². The van der Waals surface area contributed by atoms with Gasteiger partial charge in [0.1, 0.15) is 5.15 Å². The molecular formula is C14H3Cl6N3. The number of benzene rings is 1. The Bertz CT molecular complexity index is 895. The monoisotopic (exact) mass is 423 g/mol. The third-order valence-electron chi connectivity index (χ3n) is 2.92. The highest BCUT2D eigenvalue weighted by atomic mass is 35.5. The summed E-state index contributed by atoms with van der Waals surface area (Å²) in [6.45, 7) is 7.09. The molecular weight excluding hydrogens is 423 g/mol. The maximum Gasteiger partial charge on any atom is 0.226 e. The van der Waals surface area contributed by atoms with Crippen molar-refractivity contribution in [1.29, 1.82) is 5.26 Å². The molecule has 0 atom stereocenters. The van der Waals surface area contributed by atoms with Crippen LogP contribution in [0.4, 0.5) is 5.69 Å². The zero-order valence-electron chi connectivity index (χ0n) is 10.9. The first-order chi connectivity index (χ1) is 10.8. The van der Waals surface area contributed by atoms with Gasteiger partial charge in [-0.05, 0) is 11.6 Å². The molecule has 0 aliphatic carbocycles. The zero-order valence-corrected chi connectivity index (χ0v) is 15.4. The molecule has 1 heterocycles. The molecule has 116 valence electrons. The van der Waals surface area contributed by atoms with Crippen molar-refractivity contribution >= 4 is 75.3 Å². The van der Waals surface area contributed by atoms with Crippen LogP contribution < -0.4 is 0 Å². The number of nitrogens with zero attached hydrogens (tertiary/aromatic N) is 3. The fourth-order valence-electron chi connectivity index (χ4n) is 1.84. The molecule has 0 spiro atoms. The van der Waals surface area contributed by atoms with Crippen molar-refractivity contribution in [3.05, 3.63) is 64.6 Å². The van der Waals surface area contributed by atoms with Gasteiger partial charge in [-0.15, -0.1) is 0 Å². The lowest BCUT2D eigenvalue weighted by atomic mass is 10.0. The highest BCUT2D eigenvalue weighted by molar-refractivity contribution is 6.47. The van der Waals surface area contributed by atoms with E-state index >= 15 is 0 Å². The number of hydrogen-bond acceptors (Lipinski definition) is 2. The third-order valence-corrected chi connectivity index (χ3v) is 5.17. The second-order valence-electron chi connectivity index (χ2n) is 4.23. The van der Waals surface area contributed by atoms with Crippen molar-refractivity contribution in [3.8, 4) is 6.07 Å². The number of nitriles is 1. The normalized spacial score (nSPS) is 10.3. The summed E-state index contributed by atoms with van der Waals surface area (Å²) in [6, 6.07) is 3.36. The van der Waals surface area contributed by atoms with Crippen LogP contribution in [-0.4, -0.2) is 4.98 Å². The summed E-state index contributed by atoms with van der Waals surface area (Å²) in [5.74, 6) is 0. The lowest BCUT2D eigenvalue weighted by Crippen LogP contribution is -2.00. The molecule has 3 nitrogen and oxygen atoms in total. The SMILES string of the molecule is [C-]#[N+]c1c(Cl)c(Cl)c(Cc2nc(Cl)c(Cl)cc2Cl)c(C#N)c1Cl. The Kier molecular flexibility index (Phi) is 5.87. The fourth-order valence-corrected chi connectivity index (χ4v) is 3.27. The van der Waals surface area contributed by atoms with Crippen molar-refractivity contribution in [3.63, 3.8) is 0 Å². The first-order valence-corrected chi connectivity index (χ1v) is 8.05. The van der Waals surface area contributed by atoms with Gasteiger partial charge in [-0.25, -0.2) is 9.83 Å². The van der Waals surface area contributed by atoms with E-state index in [1.165, 1.54) is 6.07 Å². The van der Waals surface area contributed by atoms with Crippen molar-refractivity contribution < 1.29 is 0 Å². The molecule has 0 aliphatic rings. The molecule has 0 radical (unpaired) electrons. The average Bonchev–Trinajstić information content (AvgIpc) is 2.50. The molecule has 0 saturated carbocycles. The predicted octanol–water partition coefficient (Wildman–Crippen LogP) is 7.02. The first kappa shape index (κ1) is 18.4. The van der Waals surface area contributed by atoms with Gasteiger partial charge < -0.3 is 0 Å². The molecule has 23 heavy (non-hydrogen) atoms. The van der Waals surface area contributed by atoms with E-state index in [1.54, 1.807) is 0 Å². The molecule has 0 unspecified atom stereocenters. The van der Waals surface area contributed by atoms with Crippen molar-refractivity contribution in [2.24, 2.45) is 0 Å². The first-order valence-electron chi connectivity index (χ1n) is 5.79. The fraction of sp³-hybridized carbons (Fsp3) is 0.0714. The van der Waals surface area contributed by atoms with E-state index in [9.17, 15) is 5.26 Å². The van der Waals surface area contributed by atoms with Crippen LogP contribution in [0.3, 0.4) is 0 Å². The van der Waals surface area contributed by atoms with Gasteiger partial charge in [-0.1, -0.05) is 69.6 Å². The summed E-state index contributed by atoms with van der Waals surface area (Å²) in [4.78, 5) is 7.27. The Hall–Kier alpha value is -0.910. The lowest BCUT2D eigenvalue weighted by molar-refractivity contribution is 1.07. The standard InChI is InChI=1S/C14H3Cl6N3/c1-22-13-11(18)6(4-21)5(10(17)12(13)19)2-9-7(15)3-8(16)14(20)23-9/h3H,2H2. The number of aromatic nitrogens is 1. The number of hydrogen-bond donors (Lipinski definition) is 0. The van der Waals surface area contributed by atoms with Crippen LogP contribution >= 0.6 is 69.6 Å². The molecule has 9 heteroatoms. The smallest absolute Gasteiger partial charge is 0.226 e. The Labute approximate surface area is 162 Å². The Morgan fingerprint density at radius 1 is 1.04 bits per heavy atom. The van der Waals surface area contributed by atoms with Gasteiger partial charge in [-0.2, -0.15) is 5.26 Å². The third kappa shape index (κ3) is 3.47. The second kappa shape index (κ2) is 7.32. The summed E-state index contributed by atoms with van der Waals surface area (Å²) >= 11 is 36.1. The van der Waals surface area contributed by atoms with E-state index in [2.05, 4.69) is 9.83 Å². The molecule has 0 amide bonds. The Balaban J connectivity index is 2.69. The molecule has 0 fully saturated rings. The van der Waals surface area contributed by atoms with Crippen molar-refractivity contribution in [1.82, 2.24) is 4.98 Å². The Morgan fingerprint density at radius 2 is 1.70 bits per heavy atom. The van der Waals surface area contributed by atoms with Gasteiger partial charge in [0.25, 0.3) is 0 Å². The van der Waals surface area contributed by atoms with E-state index in [1.807, 2.05) is 6.07 Å². The van der Waals surface area contributed by atoms with E-state index in [0.29, 0.717) is 11.3 Å². The quantitative estimate of drug-likeness (QED) is 0.295. The summed E-state index contributed by atoms with van der Waals surface area (Å²) < 4.78 is 0. The zero-order chi connectivity index (χ0) is 17.3.